The van der Waals surface area contributed by atoms with E-state index in [-0.39, 0.29) is 18.6 Å². The molecule has 0 spiro atoms. The second kappa shape index (κ2) is 7.40. The number of thioether (sulfide) groups is 1. The van der Waals surface area contributed by atoms with Crippen molar-refractivity contribution in [3.63, 3.8) is 0 Å². The van der Waals surface area contributed by atoms with Gasteiger partial charge in [-0.1, -0.05) is 6.07 Å². The topological polar surface area (TPSA) is 31.4 Å². The average Bonchev–Trinajstić information content (AvgIpc) is 3.29. The molecule has 0 unspecified atom stereocenters. The van der Waals surface area contributed by atoms with E-state index in [0.717, 1.165) is 10.6 Å². The number of halogens is 4. The molecular weight excluding hydrogens is 402 g/mol. The van der Waals surface area contributed by atoms with E-state index in [4.69, 9.17) is 9.47 Å². The fourth-order valence-corrected chi connectivity index (χ4v) is 4.37. The molecule has 0 saturated carbocycles. The van der Waals surface area contributed by atoms with E-state index in [9.17, 15) is 17.6 Å². The van der Waals surface area contributed by atoms with Gasteiger partial charge in [0.15, 0.2) is 34.8 Å². The van der Waals surface area contributed by atoms with Crippen LogP contribution < -0.4 is 9.47 Å². The van der Waals surface area contributed by atoms with E-state index in [0.29, 0.717) is 35.4 Å². The summed E-state index contributed by atoms with van der Waals surface area (Å²) in [6.07, 6.45) is 0.559. The molecule has 4 rings (SSSR count). The van der Waals surface area contributed by atoms with Crippen LogP contribution in [0.1, 0.15) is 16.3 Å². The van der Waals surface area contributed by atoms with Gasteiger partial charge in [0.05, 0.1) is 15.6 Å². The number of rotatable bonds is 5. The highest BCUT2D eigenvalue weighted by Crippen LogP contribution is 2.34. The smallest absolute Gasteiger partial charge is 0.231 e. The number of fused-ring (bicyclic) bond motifs is 1. The van der Waals surface area contributed by atoms with Gasteiger partial charge in [-0.3, -0.25) is 0 Å². The van der Waals surface area contributed by atoms with Crippen molar-refractivity contribution in [3.8, 4) is 11.5 Å². The van der Waals surface area contributed by atoms with Crippen molar-refractivity contribution in [2.45, 2.75) is 17.1 Å². The Hall–Kier alpha value is -2.26. The Labute approximate surface area is 160 Å². The third kappa shape index (κ3) is 3.74. The molecule has 0 N–H and O–H groups in total. The van der Waals surface area contributed by atoms with Crippen molar-refractivity contribution >= 4 is 23.1 Å². The molecule has 0 aliphatic carbocycles. The van der Waals surface area contributed by atoms with Crippen LogP contribution in [0.3, 0.4) is 0 Å². The van der Waals surface area contributed by atoms with Crippen LogP contribution in [0.15, 0.2) is 34.5 Å². The molecule has 0 fully saturated rings. The number of hydrogen-bond acceptors (Lipinski definition) is 5. The largest absolute Gasteiger partial charge is 0.454 e. The van der Waals surface area contributed by atoms with Crippen LogP contribution in [0, 0.1) is 23.3 Å². The van der Waals surface area contributed by atoms with E-state index in [2.05, 4.69) is 4.98 Å². The third-order valence-electron chi connectivity index (χ3n) is 3.83. The molecule has 140 valence electrons. The molecule has 3 aromatic rings. The molecule has 2 aromatic carbocycles. The minimum Gasteiger partial charge on any atom is -0.454 e. The summed E-state index contributed by atoms with van der Waals surface area (Å²) in [6.45, 7) is 0.200. The monoisotopic (exact) mass is 413 g/mol. The maximum atomic E-state index is 13.7. The fraction of sp³-hybridized carbons (Fsp3) is 0.167. The molecule has 0 radical (unpaired) electrons. The first kappa shape index (κ1) is 18.1. The predicted octanol–water partition coefficient (Wildman–Crippen LogP) is 5.31. The highest BCUT2D eigenvalue weighted by atomic mass is 32.2. The molecule has 27 heavy (non-hydrogen) atoms. The molecule has 1 aromatic heterocycles. The van der Waals surface area contributed by atoms with E-state index < -0.39 is 28.2 Å². The molecule has 0 bridgehead atoms. The van der Waals surface area contributed by atoms with Gasteiger partial charge in [0, 0.05) is 23.6 Å². The highest BCUT2D eigenvalue weighted by molar-refractivity contribution is 7.98. The van der Waals surface area contributed by atoms with Gasteiger partial charge >= 0.3 is 0 Å². The first-order valence-corrected chi connectivity index (χ1v) is 9.65. The van der Waals surface area contributed by atoms with Crippen LogP contribution in [0.25, 0.3) is 0 Å². The van der Waals surface area contributed by atoms with Crippen LogP contribution in [0.2, 0.25) is 0 Å². The molecule has 3 nitrogen and oxygen atoms in total. The molecule has 0 amide bonds. The molecule has 0 atom stereocenters. The zero-order valence-corrected chi connectivity index (χ0v) is 15.2. The Morgan fingerprint density at radius 2 is 1.74 bits per heavy atom. The van der Waals surface area contributed by atoms with Crippen LogP contribution >= 0.6 is 23.1 Å². The minimum absolute atomic E-state index is 0.0916. The molecular formula is C18H11F4NO2S2. The molecule has 0 saturated heterocycles. The quantitative estimate of drug-likeness (QED) is 0.322. The maximum Gasteiger partial charge on any atom is 0.231 e. The minimum atomic E-state index is -1.42. The Balaban J connectivity index is 1.45. The summed E-state index contributed by atoms with van der Waals surface area (Å²) >= 11 is 2.06. The molecule has 9 heteroatoms. The van der Waals surface area contributed by atoms with Gasteiger partial charge in [-0.15, -0.1) is 23.1 Å². The third-order valence-corrected chi connectivity index (χ3v) is 5.81. The zero-order valence-electron chi connectivity index (χ0n) is 13.6. The van der Waals surface area contributed by atoms with Crippen LogP contribution in [-0.4, -0.2) is 11.8 Å². The average molecular weight is 413 g/mol. The van der Waals surface area contributed by atoms with Gasteiger partial charge in [-0.25, -0.2) is 22.5 Å². The number of aromatic nitrogens is 1. The van der Waals surface area contributed by atoms with Gasteiger partial charge in [0.1, 0.15) is 0 Å². The summed E-state index contributed by atoms with van der Waals surface area (Å²) in [6, 6.07) is 5.80. The number of hydrogen-bond donors (Lipinski definition) is 0. The lowest BCUT2D eigenvalue weighted by Crippen LogP contribution is -1.97. The highest BCUT2D eigenvalue weighted by Gasteiger charge is 2.20. The summed E-state index contributed by atoms with van der Waals surface area (Å²) in [5, 5.41) is 2.55. The fourth-order valence-electron chi connectivity index (χ4n) is 2.55. The van der Waals surface area contributed by atoms with Crippen molar-refractivity contribution in [2.24, 2.45) is 0 Å². The van der Waals surface area contributed by atoms with E-state index in [1.54, 1.807) is 5.38 Å². The second-order valence-corrected chi connectivity index (χ2v) is 7.61. The molecule has 2 heterocycles. The van der Waals surface area contributed by atoms with Crippen LogP contribution in [0.5, 0.6) is 11.5 Å². The maximum absolute atomic E-state index is 13.7. The summed E-state index contributed by atoms with van der Waals surface area (Å²) in [7, 11) is 0. The summed E-state index contributed by atoms with van der Waals surface area (Å²) < 4.78 is 64.5. The Morgan fingerprint density at radius 3 is 2.52 bits per heavy atom. The zero-order chi connectivity index (χ0) is 19.0. The van der Waals surface area contributed by atoms with Crippen molar-refractivity contribution in [1.29, 1.82) is 0 Å². The van der Waals surface area contributed by atoms with E-state index in [1.165, 1.54) is 11.3 Å². The molecule has 1 aliphatic rings. The van der Waals surface area contributed by atoms with Gasteiger partial charge in [0.2, 0.25) is 6.79 Å². The summed E-state index contributed by atoms with van der Waals surface area (Å²) in [5.74, 6) is -4.16. The van der Waals surface area contributed by atoms with E-state index >= 15 is 0 Å². The summed E-state index contributed by atoms with van der Waals surface area (Å²) in [4.78, 5) is 3.73. The lowest BCUT2D eigenvalue weighted by atomic mass is 10.1. The first-order valence-electron chi connectivity index (χ1n) is 7.79. The lowest BCUT2D eigenvalue weighted by molar-refractivity contribution is 0.174. The van der Waals surface area contributed by atoms with Gasteiger partial charge < -0.3 is 9.47 Å². The second-order valence-electron chi connectivity index (χ2n) is 5.68. The normalized spacial score (nSPS) is 12.6. The van der Waals surface area contributed by atoms with Crippen LogP contribution in [0.4, 0.5) is 17.6 Å². The van der Waals surface area contributed by atoms with Gasteiger partial charge in [-0.05, 0) is 17.7 Å². The van der Waals surface area contributed by atoms with Crippen molar-refractivity contribution in [3.05, 3.63) is 69.2 Å². The van der Waals surface area contributed by atoms with Crippen molar-refractivity contribution in [1.82, 2.24) is 4.98 Å². The molecule has 1 aliphatic heterocycles. The van der Waals surface area contributed by atoms with E-state index in [1.807, 2.05) is 18.2 Å². The van der Waals surface area contributed by atoms with Gasteiger partial charge in [-0.2, -0.15) is 0 Å². The number of ether oxygens (including phenoxy) is 2. The Kier molecular flexibility index (Phi) is 4.96. The lowest BCUT2D eigenvalue weighted by Gasteiger charge is -2.05. The first-order chi connectivity index (χ1) is 13.0. The number of benzene rings is 2. The van der Waals surface area contributed by atoms with Crippen molar-refractivity contribution in [2.75, 3.05) is 6.79 Å². The SMILES string of the molecule is Fc1cc(F)c(F)c(SCc2csc(Cc3ccc4c(c3)OCO4)n2)c1F. The van der Waals surface area contributed by atoms with Crippen LogP contribution in [-0.2, 0) is 12.2 Å². The number of nitrogens with zero attached hydrogens (tertiary/aromatic N) is 1. The van der Waals surface area contributed by atoms with Gasteiger partial charge in [0.25, 0.3) is 0 Å². The predicted molar refractivity (Wildman–Crippen MR) is 93.3 cm³/mol. The standard InChI is InChI=1S/C18H11F4NO2S2/c19-11-5-12(20)17(22)18(16(11)21)27-7-10-6-26-15(23-10)4-9-1-2-13-14(3-9)25-8-24-13/h1-3,5-6H,4,7-8H2. The van der Waals surface area contributed by atoms with Crippen molar-refractivity contribution < 1.29 is 27.0 Å². The Morgan fingerprint density at radius 1 is 1.00 bits per heavy atom. The number of thiazole rings is 1. The Bertz CT molecular complexity index is 983. The summed E-state index contributed by atoms with van der Waals surface area (Å²) in [5.41, 5.74) is 1.56.